The number of nitrogens with one attached hydrogen (secondary N) is 3. The lowest BCUT2D eigenvalue weighted by Gasteiger charge is -2.14. The van der Waals surface area contributed by atoms with Crippen LogP contribution in [0.15, 0.2) is 18.2 Å². The number of aromatic nitrogens is 1. The van der Waals surface area contributed by atoms with Crippen molar-refractivity contribution in [1.82, 2.24) is 4.98 Å². The van der Waals surface area contributed by atoms with E-state index in [2.05, 4.69) is 27.9 Å². The van der Waals surface area contributed by atoms with Crippen molar-refractivity contribution in [3.63, 3.8) is 0 Å². The first-order chi connectivity index (χ1) is 15.9. The molecule has 182 valence electrons. The van der Waals surface area contributed by atoms with Crippen molar-refractivity contribution < 1.29 is 19.1 Å². The number of carbonyl (C=O) groups excluding carboxylic acids is 2. The van der Waals surface area contributed by atoms with Gasteiger partial charge in [-0.05, 0) is 38.5 Å². The van der Waals surface area contributed by atoms with Crippen molar-refractivity contribution in [2.24, 2.45) is 5.73 Å². The van der Waals surface area contributed by atoms with Crippen LogP contribution in [0.1, 0.15) is 47.1 Å². The van der Waals surface area contributed by atoms with Crippen LogP contribution >= 0.6 is 11.3 Å². The number of hydrogen-bond donors (Lipinski definition) is 4. The number of hydrogen-bond acceptors (Lipinski definition) is 8. The molecule has 10 heteroatoms. The third-order valence-electron chi connectivity index (χ3n) is 4.75. The zero-order chi connectivity index (χ0) is 24.1. The second-order valence-electron chi connectivity index (χ2n) is 7.47. The van der Waals surface area contributed by atoms with Crippen molar-refractivity contribution in [3.8, 4) is 0 Å². The van der Waals surface area contributed by atoms with Crippen molar-refractivity contribution in [3.05, 3.63) is 34.3 Å². The fourth-order valence-electron chi connectivity index (χ4n) is 2.83. The molecular weight excluding hydrogens is 442 g/mol. The van der Waals surface area contributed by atoms with Gasteiger partial charge in [0, 0.05) is 23.7 Å². The summed E-state index contributed by atoms with van der Waals surface area (Å²) in [5, 5.41) is 9.52. The highest BCUT2D eigenvalue weighted by molar-refractivity contribution is 7.15. The summed E-state index contributed by atoms with van der Waals surface area (Å²) in [4.78, 5) is 30.9. The molecule has 0 saturated heterocycles. The number of nitrogens with two attached hydrogens (primary N) is 1. The smallest absolute Gasteiger partial charge is 0.259 e. The Morgan fingerprint density at radius 1 is 1.09 bits per heavy atom. The van der Waals surface area contributed by atoms with E-state index in [0.717, 1.165) is 35.6 Å². The van der Waals surface area contributed by atoms with E-state index in [1.165, 1.54) is 11.3 Å². The standard InChI is InChI=1S/C23H35N5O4S/c1-4-5-10-25-18-6-7-20(27-21(29)8-11-31-13-14-32-12-9-24)19(15-18)22(30)28-23-26-16(2)17(3)33-23/h6-7,15,25H,4-5,8-14,24H2,1-3H3,(H,27,29)(H,26,28,30). The molecule has 0 aliphatic heterocycles. The Hall–Kier alpha value is -2.53. The summed E-state index contributed by atoms with van der Waals surface area (Å²) < 4.78 is 10.6. The molecule has 2 aromatic rings. The first-order valence-corrected chi connectivity index (χ1v) is 12.0. The molecule has 1 aromatic heterocycles. The molecular formula is C23H35N5O4S. The SMILES string of the molecule is CCCCNc1ccc(NC(=O)CCOCCOCCN)c(C(=O)Nc2nc(C)c(C)s2)c1. The molecule has 1 aromatic carbocycles. The number of thiazole rings is 1. The molecule has 0 aliphatic rings. The van der Waals surface area contributed by atoms with Crippen LogP contribution in [0.25, 0.3) is 0 Å². The van der Waals surface area contributed by atoms with Gasteiger partial charge in [-0.3, -0.25) is 14.9 Å². The highest BCUT2D eigenvalue weighted by Crippen LogP contribution is 2.25. The number of carbonyl (C=O) groups is 2. The molecule has 0 atom stereocenters. The van der Waals surface area contributed by atoms with E-state index in [4.69, 9.17) is 15.2 Å². The summed E-state index contributed by atoms with van der Waals surface area (Å²) in [5.74, 6) is -0.564. The van der Waals surface area contributed by atoms with Crippen LogP contribution in [0.3, 0.4) is 0 Å². The van der Waals surface area contributed by atoms with Gasteiger partial charge in [0.15, 0.2) is 5.13 Å². The highest BCUT2D eigenvalue weighted by atomic mass is 32.1. The number of amides is 2. The molecule has 9 nitrogen and oxygen atoms in total. The quantitative estimate of drug-likeness (QED) is 0.289. The van der Waals surface area contributed by atoms with Gasteiger partial charge < -0.3 is 25.8 Å². The molecule has 0 spiro atoms. The van der Waals surface area contributed by atoms with Gasteiger partial charge in [-0.1, -0.05) is 13.3 Å². The Labute approximate surface area is 199 Å². The minimum Gasteiger partial charge on any atom is -0.385 e. The Morgan fingerprint density at radius 3 is 2.52 bits per heavy atom. The third-order valence-corrected chi connectivity index (χ3v) is 5.74. The van der Waals surface area contributed by atoms with Gasteiger partial charge in [-0.2, -0.15) is 0 Å². The molecule has 0 unspecified atom stereocenters. The number of aryl methyl sites for hydroxylation is 2. The van der Waals surface area contributed by atoms with Crippen molar-refractivity contribution in [2.45, 2.75) is 40.0 Å². The molecule has 0 radical (unpaired) electrons. The second-order valence-corrected chi connectivity index (χ2v) is 8.67. The Kier molecular flexibility index (Phi) is 11.8. The third kappa shape index (κ3) is 9.47. The molecule has 1 heterocycles. The lowest BCUT2D eigenvalue weighted by Crippen LogP contribution is -2.20. The van der Waals surface area contributed by atoms with E-state index >= 15 is 0 Å². The number of anilines is 3. The van der Waals surface area contributed by atoms with Crippen LogP contribution in [-0.2, 0) is 14.3 Å². The minimum atomic E-state index is -0.327. The number of benzene rings is 1. The summed E-state index contributed by atoms with van der Waals surface area (Å²) >= 11 is 1.42. The van der Waals surface area contributed by atoms with Gasteiger partial charge in [-0.15, -0.1) is 11.3 Å². The highest BCUT2D eigenvalue weighted by Gasteiger charge is 2.17. The van der Waals surface area contributed by atoms with E-state index < -0.39 is 0 Å². The van der Waals surface area contributed by atoms with Crippen molar-refractivity contribution in [2.75, 3.05) is 55.5 Å². The van der Waals surface area contributed by atoms with Crippen molar-refractivity contribution >= 4 is 39.7 Å². The van der Waals surface area contributed by atoms with Crippen LogP contribution in [0, 0.1) is 13.8 Å². The normalized spacial score (nSPS) is 10.8. The fourth-order valence-corrected chi connectivity index (χ4v) is 3.64. The summed E-state index contributed by atoms with van der Waals surface area (Å²) in [6.07, 6.45) is 2.26. The van der Waals surface area contributed by atoms with E-state index in [9.17, 15) is 9.59 Å². The topological polar surface area (TPSA) is 128 Å². The maximum Gasteiger partial charge on any atom is 0.259 e. The second kappa shape index (κ2) is 14.6. The first kappa shape index (κ1) is 26.7. The van der Waals surface area contributed by atoms with Gasteiger partial charge in [0.1, 0.15) is 0 Å². The van der Waals surface area contributed by atoms with Crippen LogP contribution in [0.4, 0.5) is 16.5 Å². The minimum absolute atomic E-state index is 0.166. The van der Waals surface area contributed by atoms with E-state index in [1.807, 2.05) is 19.9 Å². The van der Waals surface area contributed by atoms with Gasteiger partial charge in [-0.25, -0.2) is 4.98 Å². The lowest BCUT2D eigenvalue weighted by molar-refractivity contribution is -0.117. The molecule has 5 N–H and O–H groups in total. The zero-order valence-electron chi connectivity index (χ0n) is 19.7. The number of unbranched alkanes of at least 4 members (excludes halogenated alkanes) is 1. The average Bonchev–Trinajstić information content (AvgIpc) is 3.10. The molecule has 0 saturated carbocycles. The molecule has 0 fully saturated rings. The van der Waals surface area contributed by atoms with E-state index in [1.54, 1.807) is 12.1 Å². The summed E-state index contributed by atoms with van der Waals surface area (Å²) in [6.45, 7) is 8.82. The molecule has 2 rings (SSSR count). The van der Waals surface area contributed by atoms with E-state index in [-0.39, 0.29) is 24.8 Å². The fraction of sp³-hybridized carbons (Fsp3) is 0.522. The van der Waals surface area contributed by atoms with Gasteiger partial charge in [0.25, 0.3) is 5.91 Å². The molecule has 33 heavy (non-hydrogen) atoms. The van der Waals surface area contributed by atoms with Crippen LogP contribution < -0.4 is 21.7 Å². The van der Waals surface area contributed by atoms with E-state index in [0.29, 0.717) is 42.7 Å². The Morgan fingerprint density at radius 2 is 1.85 bits per heavy atom. The monoisotopic (exact) mass is 477 g/mol. The van der Waals surface area contributed by atoms with Crippen LogP contribution in [0.2, 0.25) is 0 Å². The Balaban J connectivity index is 2.02. The predicted molar refractivity (Wildman–Crippen MR) is 133 cm³/mol. The maximum atomic E-state index is 13.0. The molecule has 2 amide bonds. The van der Waals surface area contributed by atoms with Gasteiger partial charge >= 0.3 is 0 Å². The Bertz CT molecular complexity index is 883. The molecule has 0 aliphatic carbocycles. The summed E-state index contributed by atoms with van der Waals surface area (Å²) in [7, 11) is 0. The summed E-state index contributed by atoms with van der Waals surface area (Å²) in [5.41, 5.74) is 7.86. The van der Waals surface area contributed by atoms with Crippen LogP contribution in [0.5, 0.6) is 0 Å². The van der Waals surface area contributed by atoms with Crippen LogP contribution in [-0.4, -0.2) is 56.3 Å². The number of rotatable bonds is 15. The summed E-state index contributed by atoms with van der Waals surface area (Å²) in [6, 6.07) is 5.34. The molecule has 0 bridgehead atoms. The predicted octanol–water partition coefficient (Wildman–Crippen LogP) is 3.54. The van der Waals surface area contributed by atoms with Gasteiger partial charge in [0.05, 0.1) is 49.8 Å². The first-order valence-electron chi connectivity index (χ1n) is 11.2. The number of ether oxygens (including phenoxy) is 2. The maximum absolute atomic E-state index is 13.0. The van der Waals surface area contributed by atoms with Gasteiger partial charge in [0.2, 0.25) is 5.91 Å². The zero-order valence-corrected chi connectivity index (χ0v) is 20.5. The lowest BCUT2D eigenvalue weighted by atomic mass is 10.1. The largest absolute Gasteiger partial charge is 0.385 e. The van der Waals surface area contributed by atoms with Crippen molar-refractivity contribution in [1.29, 1.82) is 0 Å². The average molecular weight is 478 g/mol. The number of nitrogens with zero attached hydrogens (tertiary/aromatic N) is 1.